The van der Waals surface area contributed by atoms with Gasteiger partial charge in [0.05, 0.1) is 24.5 Å². The zero-order valence-corrected chi connectivity index (χ0v) is 17.0. The van der Waals surface area contributed by atoms with Crippen molar-refractivity contribution in [3.8, 4) is 11.4 Å². The SMILES string of the molecule is CCc1ccc2nc(-c3ccc(F)cc3)nc(SCC(=O)N3CCOCC3)c2c1. The lowest BCUT2D eigenvalue weighted by atomic mass is 10.1. The van der Waals surface area contributed by atoms with E-state index in [1.54, 1.807) is 12.1 Å². The number of fused-ring (bicyclic) bond motifs is 1. The molecule has 1 aliphatic heterocycles. The molecule has 0 bridgehead atoms. The van der Waals surface area contributed by atoms with Crippen LogP contribution >= 0.6 is 11.8 Å². The molecule has 0 N–H and O–H groups in total. The first-order valence-electron chi connectivity index (χ1n) is 9.69. The molecule has 0 saturated carbocycles. The van der Waals surface area contributed by atoms with E-state index in [2.05, 4.69) is 24.0 Å². The van der Waals surface area contributed by atoms with Crippen molar-refractivity contribution in [2.45, 2.75) is 18.4 Å². The van der Waals surface area contributed by atoms with Crippen LogP contribution in [0, 0.1) is 5.82 Å². The quantitative estimate of drug-likeness (QED) is 0.470. The number of hydrogen-bond donors (Lipinski definition) is 0. The van der Waals surface area contributed by atoms with E-state index >= 15 is 0 Å². The number of ether oxygens (including phenoxy) is 1. The van der Waals surface area contributed by atoms with E-state index in [0.29, 0.717) is 37.9 Å². The van der Waals surface area contributed by atoms with Gasteiger partial charge in [-0.25, -0.2) is 14.4 Å². The van der Waals surface area contributed by atoms with Gasteiger partial charge in [-0.05, 0) is 48.4 Å². The Morgan fingerprint density at radius 2 is 1.90 bits per heavy atom. The summed E-state index contributed by atoms with van der Waals surface area (Å²) in [6, 6.07) is 12.3. The monoisotopic (exact) mass is 411 g/mol. The maximum Gasteiger partial charge on any atom is 0.233 e. The normalized spacial score (nSPS) is 14.3. The molecule has 1 fully saturated rings. The molecular formula is C22H22FN3O2S. The minimum atomic E-state index is -0.298. The Kier molecular flexibility index (Phi) is 6.06. The third-order valence-electron chi connectivity index (χ3n) is 4.93. The smallest absolute Gasteiger partial charge is 0.233 e. The van der Waals surface area contributed by atoms with Gasteiger partial charge in [-0.15, -0.1) is 0 Å². The Hall–Kier alpha value is -2.51. The Bertz CT molecular complexity index is 1020. The van der Waals surface area contributed by atoms with Crippen LogP contribution in [0.3, 0.4) is 0 Å². The molecule has 150 valence electrons. The second-order valence-electron chi connectivity index (χ2n) is 6.85. The lowest BCUT2D eigenvalue weighted by Crippen LogP contribution is -2.41. The summed E-state index contributed by atoms with van der Waals surface area (Å²) in [7, 11) is 0. The van der Waals surface area contributed by atoms with E-state index in [4.69, 9.17) is 9.72 Å². The number of carbonyl (C=O) groups is 1. The number of hydrogen-bond acceptors (Lipinski definition) is 5. The van der Waals surface area contributed by atoms with Crippen molar-refractivity contribution in [2.75, 3.05) is 32.1 Å². The van der Waals surface area contributed by atoms with Crippen LogP contribution in [0.4, 0.5) is 4.39 Å². The van der Waals surface area contributed by atoms with E-state index < -0.39 is 0 Å². The predicted octanol–water partition coefficient (Wildman–Crippen LogP) is 3.95. The van der Waals surface area contributed by atoms with Crippen molar-refractivity contribution < 1.29 is 13.9 Å². The molecule has 1 amide bonds. The maximum absolute atomic E-state index is 13.3. The number of halogens is 1. The summed E-state index contributed by atoms with van der Waals surface area (Å²) in [5.41, 5.74) is 2.75. The number of aryl methyl sites for hydroxylation is 1. The fourth-order valence-electron chi connectivity index (χ4n) is 3.24. The number of aromatic nitrogens is 2. The van der Waals surface area contributed by atoms with Gasteiger partial charge < -0.3 is 9.64 Å². The summed E-state index contributed by atoms with van der Waals surface area (Å²) < 4.78 is 18.6. The number of morpholine rings is 1. The average molecular weight is 412 g/mol. The van der Waals surface area contributed by atoms with Gasteiger partial charge in [0.15, 0.2) is 5.82 Å². The number of carbonyl (C=O) groups excluding carboxylic acids is 1. The lowest BCUT2D eigenvalue weighted by molar-refractivity contribution is -0.132. The van der Waals surface area contributed by atoms with E-state index in [1.807, 2.05) is 11.0 Å². The first-order valence-corrected chi connectivity index (χ1v) is 10.7. The molecule has 5 nitrogen and oxygen atoms in total. The number of benzene rings is 2. The largest absolute Gasteiger partial charge is 0.378 e. The highest BCUT2D eigenvalue weighted by molar-refractivity contribution is 8.00. The van der Waals surface area contributed by atoms with Gasteiger partial charge >= 0.3 is 0 Å². The van der Waals surface area contributed by atoms with Crippen LogP contribution in [0.2, 0.25) is 0 Å². The first kappa shape index (κ1) is 19.8. The van der Waals surface area contributed by atoms with Crippen molar-refractivity contribution >= 4 is 28.6 Å². The summed E-state index contributed by atoms with van der Waals surface area (Å²) in [5.74, 6) is 0.627. The van der Waals surface area contributed by atoms with Gasteiger partial charge in [0.2, 0.25) is 5.91 Å². The van der Waals surface area contributed by atoms with Gasteiger partial charge in [-0.1, -0.05) is 24.8 Å². The maximum atomic E-state index is 13.3. The Morgan fingerprint density at radius 3 is 2.62 bits per heavy atom. The van der Waals surface area contributed by atoms with E-state index in [0.717, 1.165) is 27.9 Å². The van der Waals surface area contributed by atoms with Crippen LogP contribution in [-0.4, -0.2) is 52.8 Å². The van der Waals surface area contributed by atoms with Crippen molar-refractivity contribution in [1.82, 2.24) is 14.9 Å². The fraction of sp³-hybridized carbons (Fsp3) is 0.318. The molecule has 0 atom stereocenters. The van der Waals surface area contributed by atoms with Crippen LogP contribution in [-0.2, 0) is 16.0 Å². The Labute approximate surface area is 173 Å². The zero-order valence-electron chi connectivity index (χ0n) is 16.2. The van der Waals surface area contributed by atoms with Gasteiger partial charge in [-0.2, -0.15) is 0 Å². The minimum absolute atomic E-state index is 0.0834. The van der Waals surface area contributed by atoms with E-state index in [1.165, 1.54) is 29.5 Å². The topological polar surface area (TPSA) is 55.3 Å². The molecule has 1 saturated heterocycles. The molecule has 0 radical (unpaired) electrons. The highest BCUT2D eigenvalue weighted by atomic mass is 32.2. The number of amides is 1. The molecule has 1 aromatic heterocycles. The van der Waals surface area contributed by atoms with E-state index in [-0.39, 0.29) is 11.7 Å². The summed E-state index contributed by atoms with van der Waals surface area (Å²) in [6.07, 6.45) is 0.909. The second kappa shape index (κ2) is 8.88. The minimum Gasteiger partial charge on any atom is -0.378 e. The van der Waals surface area contributed by atoms with Crippen molar-refractivity contribution in [1.29, 1.82) is 0 Å². The number of rotatable bonds is 5. The van der Waals surface area contributed by atoms with Crippen LogP contribution < -0.4 is 0 Å². The standard InChI is InChI=1S/C22H22FN3O2S/c1-2-15-3-8-19-18(13-15)22(29-14-20(27)26-9-11-28-12-10-26)25-21(24-19)16-4-6-17(23)7-5-16/h3-8,13H,2,9-12,14H2,1H3. The molecule has 7 heteroatoms. The van der Waals surface area contributed by atoms with E-state index in [9.17, 15) is 9.18 Å². The first-order chi connectivity index (χ1) is 14.1. The summed E-state index contributed by atoms with van der Waals surface area (Å²) in [4.78, 5) is 23.8. The predicted molar refractivity (Wildman–Crippen MR) is 112 cm³/mol. The zero-order chi connectivity index (χ0) is 20.2. The molecule has 3 aromatic rings. The van der Waals surface area contributed by atoms with Crippen molar-refractivity contribution in [3.63, 3.8) is 0 Å². The summed E-state index contributed by atoms with van der Waals surface area (Å²) in [6.45, 7) is 4.53. The van der Waals surface area contributed by atoms with Gasteiger partial charge in [-0.3, -0.25) is 4.79 Å². The van der Waals surface area contributed by atoms with Crippen LogP contribution in [0.5, 0.6) is 0 Å². The molecule has 0 spiro atoms. The summed E-state index contributed by atoms with van der Waals surface area (Å²) >= 11 is 1.43. The molecule has 1 aliphatic rings. The van der Waals surface area contributed by atoms with Gasteiger partial charge in [0.1, 0.15) is 10.8 Å². The molecule has 0 aliphatic carbocycles. The Morgan fingerprint density at radius 1 is 1.14 bits per heavy atom. The van der Waals surface area contributed by atoms with Crippen molar-refractivity contribution in [3.05, 3.63) is 53.8 Å². The molecule has 0 unspecified atom stereocenters. The number of nitrogens with zero attached hydrogens (tertiary/aromatic N) is 3. The second-order valence-corrected chi connectivity index (χ2v) is 7.81. The third kappa shape index (κ3) is 4.57. The average Bonchev–Trinajstić information content (AvgIpc) is 2.77. The van der Waals surface area contributed by atoms with Crippen LogP contribution in [0.1, 0.15) is 12.5 Å². The molecule has 2 aromatic carbocycles. The van der Waals surface area contributed by atoms with Crippen molar-refractivity contribution in [2.24, 2.45) is 0 Å². The summed E-state index contributed by atoms with van der Waals surface area (Å²) in [5, 5.41) is 1.71. The molecular weight excluding hydrogens is 389 g/mol. The van der Waals surface area contributed by atoms with Crippen LogP contribution in [0.15, 0.2) is 47.5 Å². The third-order valence-corrected chi connectivity index (χ3v) is 5.91. The molecule has 29 heavy (non-hydrogen) atoms. The van der Waals surface area contributed by atoms with Gasteiger partial charge in [0.25, 0.3) is 0 Å². The lowest BCUT2D eigenvalue weighted by Gasteiger charge is -2.26. The highest BCUT2D eigenvalue weighted by Crippen LogP contribution is 2.29. The fourth-order valence-corrected chi connectivity index (χ4v) is 4.15. The molecule has 4 rings (SSSR count). The molecule has 2 heterocycles. The Balaban J connectivity index is 1.67. The van der Waals surface area contributed by atoms with Gasteiger partial charge in [0, 0.05) is 24.0 Å². The highest BCUT2D eigenvalue weighted by Gasteiger charge is 2.18. The number of thioether (sulfide) groups is 1. The van der Waals surface area contributed by atoms with Crippen LogP contribution in [0.25, 0.3) is 22.3 Å².